The van der Waals surface area contributed by atoms with E-state index in [2.05, 4.69) is 17.6 Å². The highest BCUT2D eigenvalue weighted by Gasteiger charge is 2.28. The summed E-state index contributed by atoms with van der Waals surface area (Å²) in [5.74, 6) is 0.223. The standard InChI is InChI=1S/C23H28N4O4S/c1-17-10-13-27(14-11-17)32(30,31)21-8-2-18(3-9-21)23(29)25-19-4-6-20(7-5-19)26-15-12-24-22(28)16-26/h2-9,17H,10-16H2,1H3,(H,24,28)(H,25,29). The van der Waals surface area contributed by atoms with Gasteiger partial charge >= 0.3 is 0 Å². The van der Waals surface area contributed by atoms with Gasteiger partial charge in [0.1, 0.15) is 0 Å². The molecular weight excluding hydrogens is 428 g/mol. The van der Waals surface area contributed by atoms with Crippen LogP contribution in [0.15, 0.2) is 53.4 Å². The first-order chi connectivity index (χ1) is 15.3. The normalized spacial score (nSPS) is 18.3. The lowest BCUT2D eigenvalue weighted by molar-refractivity contribution is -0.120. The number of anilines is 2. The van der Waals surface area contributed by atoms with Crippen LogP contribution in [0.4, 0.5) is 11.4 Å². The van der Waals surface area contributed by atoms with Crippen molar-refractivity contribution in [3.05, 3.63) is 54.1 Å². The highest BCUT2D eigenvalue weighted by atomic mass is 32.2. The van der Waals surface area contributed by atoms with Crippen LogP contribution in [0.25, 0.3) is 0 Å². The van der Waals surface area contributed by atoms with Gasteiger partial charge in [0.15, 0.2) is 0 Å². The fraction of sp³-hybridized carbons (Fsp3) is 0.391. The predicted molar refractivity (Wildman–Crippen MR) is 123 cm³/mol. The molecule has 32 heavy (non-hydrogen) atoms. The topological polar surface area (TPSA) is 98.8 Å². The molecule has 0 spiro atoms. The van der Waals surface area contributed by atoms with Crippen LogP contribution in [-0.4, -0.2) is 57.3 Å². The quantitative estimate of drug-likeness (QED) is 0.719. The van der Waals surface area contributed by atoms with Gasteiger partial charge in [-0.2, -0.15) is 4.31 Å². The number of carbonyl (C=O) groups excluding carboxylic acids is 2. The number of nitrogens with one attached hydrogen (secondary N) is 2. The number of piperidine rings is 1. The van der Waals surface area contributed by atoms with Crippen molar-refractivity contribution in [2.24, 2.45) is 5.92 Å². The van der Waals surface area contributed by atoms with E-state index in [4.69, 9.17) is 0 Å². The number of hydrogen-bond acceptors (Lipinski definition) is 5. The van der Waals surface area contributed by atoms with Gasteiger partial charge in [0.05, 0.1) is 11.4 Å². The summed E-state index contributed by atoms with van der Waals surface area (Å²) in [5.41, 5.74) is 1.92. The van der Waals surface area contributed by atoms with Crippen molar-refractivity contribution in [2.45, 2.75) is 24.7 Å². The minimum atomic E-state index is -3.54. The number of benzene rings is 2. The summed E-state index contributed by atoms with van der Waals surface area (Å²) in [6.07, 6.45) is 1.73. The first-order valence-corrected chi connectivity index (χ1v) is 12.3. The maximum atomic E-state index is 12.8. The summed E-state index contributed by atoms with van der Waals surface area (Å²) in [6.45, 7) is 4.87. The van der Waals surface area contributed by atoms with Gasteiger partial charge in [-0.05, 0) is 67.3 Å². The second-order valence-electron chi connectivity index (χ2n) is 8.38. The van der Waals surface area contributed by atoms with E-state index in [1.807, 2.05) is 17.0 Å². The first-order valence-electron chi connectivity index (χ1n) is 10.9. The maximum absolute atomic E-state index is 12.8. The van der Waals surface area contributed by atoms with Crippen molar-refractivity contribution in [3.63, 3.8) is 0 Å². The molecule has 2 aromatic carbocycles. The molecule has 2 amide bonds. The van der Waals surface area contributed by atoms with Gasteiger partial charge in [-0.15, -0.1) is 0 Å². The summed E-state index contributed by atoms with van der Waals surface area (Å²) in [5, 5.41) is 5.62. The van der Waals surface area contributed by atoms with E-state index >= 15 is 0 Å². The molecule has 0 atom stereocenters. The molecule has 2 fully saturated rings. The molecule has 2 saturated heterocycles. The molecule has 0 unspecified atom stereocenters. The monoisotopic (exact) mass is 456 g/mol. The van der Waals surface area contributed by atoms with E-state index in [9.17, 15) is 18.0 Å². The number of rotatable bonds is 5. The van der Waals surface area contributed by atoms with Gasteiger partial charge in [-0.25, -0.2) is 8.42 Å². The van der Waals surface area contributed by atoms with Crippen molar-refractivity contribution in [1.29, 1.82) is 0 Å². The molecule has 2 aliphatic heterocycles. The zero-order valence-corrected chi connectivity index (χ0v) is 18.9. The maximum Gasteiger partial charge on any atom is 0.255 e. The highest BCUT2D eigenvalue weighted by molar-refractivity contribution is 7.89. The minimum absolute atomic E-state index is 0.00562. The molecule has 0 aliphatic carbocycles. The third-order valence-corrected chi connectivity index (χ3v) is 7.94. The van der Waals surface area contributed by atoms with Crippen LogP contribution in [0, 0.1) is 5.92 Å². The van der Waals surface area contributed by atoms with Gasteiger partial charge in [0.2, 0.25) is 15.9 Å². The van der Waals surface area contributed by atoms with Crippen molar-refractivity contribution >= 4 is 33.2 Å². The number of amides is 2. The lowest BCUT2D eigenvalue weighted by Gasteiger charge is -2.29. The van der Waals surface area contributed by atoms with Crippen LogP contribution in [0.5, 0.6) is 0 Å². The molecule has 2 heterocycles. The molecule has 4 rings (SSSR count). The molecule has 9 heteroatoms. The van der Waals surface area contributed by atoms with Gasteiger partial charge < -0.3 is 15.5 Å². The second-order valence-corrected chi connectivity index (χ2v) is 10.3. The first kappa shape index (κ1) is 22.3. The molecule has 2 N–H and O–H groups in total. The van der Waals surface area contributed by atoms with E-state index in [1.54, 1.807) is 12.1 Å². The molecular formula is C23H28N4O4S. The van der Waals surface area contributed by atoms with E-state index in [0.717, 1.165) is 25.1 Å². The SMILES string of the molecule is CC1CCN(S(=O)(=O)c2ccc(C(=O)Nc3ccc(N4CCNC(=O)C4)cc3)cc2)CC1. The third kappa shape index (κ3) is 4.94. The molecule has 0 aromatic heterocycles. The minimum Gasteiger partial charge on any atom is -0.360 e. The number of piperazine rings is 1. The average Bonchev–Trinajstić information content (AvgIpc) is 2.80. The number of hydrogen-bond donors (Lipinski definition) is 2. The Hall–Kier alpha value is -2.91. The predicted octanol–water partition coefficient (Wildman–Crippen LogP) is 2.30. The van der Waals surface area contributed by atoms with Crippen LogP contribution in [-0.2, 0) is 14.8 Å². The Labute approximate surface area is 188 Å². The van der Waals surface area contributed by atoms with Gasteiger partial charge in [0.25, 0.3) is 5.91 Å². The highest BCUT2D eigenvalue weighted by Crippen LogP contribution is 2.24. The van der Waals surface area contributed by atoms with Gasteiger partial charge in [-0.1, -0.05) is 6.92 Å². The smallest absolute Gasteiger partial charge is 0.255 e. The Bertz CT molecular complexity index is 1080. The van der Waals surface area contributed by atoms with Crippen LogP contribution in [0.3, 0.4) is 0 Å². The summed E-state index contributed by atoms with van der Waals surface area (Å²) in [7, 11) is -3.54. The lowest BCUT2D eigenvalue weighted by Crippen LogP contribution is -2.47. The Balaban J connectivity index is 1.39. The Kier molecular flexibility index (Phi) is 6.48. The molecule has 0 radical (unpaired) electrons. The molecule has 0 bridgehead atoms. The molecule has 0 saturated carbocycles. The molecule has 2 aliphatic rings. The van der Waals surface area contributed by atoms with Crippen LogP contribution < -0.4 is 15.5 Å². The molecule has 8 nitrogen and oxygen atoms in total. The second kappa shape index (κ2) is 9.30. The van der Waals surface area contributed by atoms with Crippen LogP contribution in [0.1, 0.15) is 30.1 Å². The van der Waals surface area contributed by atoms with Gasteiger partial charge in [0, 0.05) is 43.1 Å². The van der Waals surface area contributed by atoms with E-state index in [1.165, 1.54) is 28.6 Å². The number of sulfonamides is 1. The van der Waals surface area contributed by atoms with Crippen LogP contribution in [0.2, 0.25) is 0 Å². The number of nitrogens with zero attached hydrogens (tertiary/aromatic N) is 2. The zero-order valence-electron chi connectivity index (χ0n) is 18.1. The molecule has 2 aromatic rings. The summed E-state index contributed by atoms with van der Waals surface area (Å²) < 4.78 is 27.2. The largest absolute Gasteiger partial charge is 0.360 e. The van der Waals surface area contributed by atoms with Crippen LogP contribution >= 0.6 is 0 Å². The number of carbonyl (C=O) groups is 2. The third-order valence-electron chi connectivity index (χ3n) is 6.03. The fourth-order valence-corrected chi connectivity index (χ4v) is 5.44. The Morgan fingerprint density at radius 1 is 1.00 bits per heavy atom. The van der Waals surface area contributed by atoms with Gasteiger partial charge in [-0.3, -0.25) is 9.59 Å². The van der Waals surface area contributed by atoms with E-state index < -0.39 is 10.0 Å². The average molecular weight is 457 g/mol. The van der Waals surface area contributed by atoms with E-state index in [-0.39, 0.29) is 16.7 Å². The summed E-state index contributed by atoms with van der Waals surface area (Å²) in [4.78, 5) is 26.3. The Morgan fingerprint density at radius 3 is 2.28 bits per heavy atom. The van der Waals surface area contributed by atoms with Crippen molar-refractivity contribution in [2.75, 3.05) is 42.9 Å². The van der Waals surface area contributed by atoms with Crippen molar-refractivity contribution < 1.29 is 18.0 Å². The summed E-state index contributed by atoms with van der Waals surface area (Å²) >= 11 is 0. The Morgan fingerprint density at radius 2 is 1.66 bits per heavy atom. The lowest BCUT2D eigenvalue weighted by atomic mass is 10.0. The zero-order chi connectivity index (χ0) is 22.7. The molecule has 170 valence electrons. The summed E-state index contributed by atoms with van der Waals surface area (Å²) in [6, 6.07) is 13.4. The van der Waals surface area contributed by atoms with Crippen molar-refractivity contribution in [3.8, 4) is 0 Å². The van der Waals surface area contributed by atoms with Crippen molar-refractivity contribution in [1.82, 2.24) is 9.62 Å². The van der Waals surface area contributed by atoms with E-state index in [0.29, 0.717) is 43.3 Å². The fourth-order valence-electron chi connectivity index (χ4n) is 3.97.